The summed E-state index contributed by atoms with van der Waals surface area (Å²) in [5, 5.41) is 0.468. The monoisotopic (exact) mass is 456 g/mol. The molecule has 1 aliphatic rings. The molecule has 160 valence electrons. The Kier molecular flexibility index (Phi) is 5.89. The molecule has 0 saturated carbocycles. The van der Waals surface area contributed by atoms with Crippen molar-refractivity contribution in [1.29, 1.82) is 0 Å². The SMILES string of the molecule is CN(c1ccc(OCC(=O)N2CCc3ccccc32)cc1)S(=O)(=O)c1ccc(Cl)cc1. The minimum atomic E-state index is -3.71. The summed E-state index contributed by atoms with van der Waals surface area (Å²) in [5.41, 5.74) is 2.56. The van der Waals surface area contributed by atoms with Gasteiger partial charge in [-0.3, -0.25) is 9.10 Å². The number of benzene rings is 3. The lowest BCUT2D eigenvalue weighted by atomic mass is 10.2. The fraction of sp³-hybridized carbons (Fsp3) is 0.174. The fourth-order valence-electron chi connectivity index (χ4n) is 3.48. The maximum absolute atomic E-state index is 12.8. The van der Waals surface area contributed by atoms with Gasteiger partial charge in [0, 0.05) is 24.3 Å². The Balaban J connectivity index is 1.40. The summed E-state index contributed by atoms with van der Waals surface area (Å²) in [4.78, 5) is 14.5. The van der Waals surface area contributed by atoms with Gasteiger partial charge in [0.05, 0.1) is 10.6 Å². The largest absolute Gasteiger partial charge is 0.484 e. The number of fused-ring (bicyclic) bond motifs is 1. The van der Waals surface area contributed by atoms with Gasteiger partial charge < -0.3 is 9.64 Å². The molecule has 0 saturated heterocycles. The van der Waals surface area contributed by atoms with Crippen LogP contribution in [0.15, 0.2) is 77.7 Å². The predicted molar refractivity (Wildman–Crippen MR) is 121 cm³/mol. The molecule has 0 aliphatic carbocycles. The van der Waals surface area contributed by atoms with E-state index < -0.39 is 10.0 Å². The van der Waals surface area contributed by atoms with Gasteiger partial charge in [-0.2, -0.15) is 0 Å². The summed E-state index contributed by atoms with van der Waals surface area (Å²) in [5.74, 6) is 0.373. The average molecular weight is 457 g/mol. The van der Waals surface area contributed by atoms with Crippen molar-refractivity contribution < 1.29 is 17.9 Å². The summed E-state index contributed by atoms with van der Waals surface area (Å²) in [6.07, 6.45) is 0.838. The number of amides is 1. The van der Waals surface area contributed by atoms with Gasteiger partial charge >= 0.3 is 0 Å². The van der Waals surface area contributed by atoms with E-state index >= 15 is 0 Å². The quantitative estimate of drug-likeness (QED) is 0.559. The summed E-state index contributed by atoms with van der Waals surface area (Å²) >= 11 is 5.84. The second kappa shape index (κ2) is 8.61. The topological polar surface area (TPSA) is 66.9 Å². The first kappa shape index (κ1) is 21.2. The third-order valence-electron chi connectivity index (χ3n) is 5.22. The van der Waals surface area contributed by atoms with Crippen LogP contribution >= 0.6 is 11.6 Å². The second-order valence-corrected chi connectivity index (χ2v) is 9.54. The standard InChI is InChI=1S/C23H21ClN2O4S/c1-25(31(28,29)21-12-6-18(24)7-13-21)19-8-10-20(11-9-19)30-16-23(27)26-15-14-17-4-2-3-5-22(17)26/h2-13H,14-16H2,1H3. The van der Waals surface area contributed by atoms with E-state index in [4.69, 9.17) is 16.3 Å². The van der Waals surface area contributed by atoms with Crippen molar-refractivity contribution in [3.05, 3.63) is 83.4 Å². The molecule has 0 bridgehead atoms. The van der Waals surface area contributed by atoms with Gasteiger partial charge in [-0.25, -0.2) is 8.42 Å². The molecule has 0 N–H and O–H groups in total. The lowest BCUT2D eigenvalue weighted by molar-refractivity contribution is -0.120. The van der Waals surface area contributed by atoms with E-state index in [1.807, 2.05) is 24.3 Å². The van der Waals surface area contributed by atoms with E-state index in [1.165, 1.54) is 35.6 Å². The molecule has 0 aromatic heterocycles. The van der Waals surface area contributed by atoms with E-state index in [0.29, 0.717) is 23.0 Å². The minimum absolute atomic E-state index is 0.0907. The maximum atomic E-state index is 12.8. The molecule has 3 aromatic carbocycles. The zero-order valence-corrected chi connectivity index (χ0v) is 18.4. The molecular weight excluding hydrogens is 436 g/mol. The van der Waals surface area contributed by atoms with Gasteiger partial charge in [-0.1, -0.05) is 29.8 Å². The molecule has 0 unspecified atom stereocenters. The predicted octanol–water partition coefficient (Wildman–Crippen LogP) is 4.13. The number of anilines is 2. The molecule has 1 amide bonds. The Hall–Kier alpha value is -3.03. The number of hydrogen-bond donors (Lipinski definition) is 0. The summed E-state index contributed by atoms with van der Waals surface area (Å²) < 4.78 is 32.4. The van der Waals surface area contributed by atoms with Crippen LogP contribution in [0.1, 0.15) is 5.56 Å². The van der Waals surface area contributed by atoms with Crippen LogP contribution in [0.5, 0.6) is 5.75 Å². The average Bonchev–Trinajstić information content (AvgIpc) is 3.22. The number of hydrogen-bond acceptors (Lipinski definition) is 4. The number of ether oxygens (including phenoxy) is 1. The Bertz CT molecular complexity index is 1200. The molecule has 0 radical (unpaired) electrons. The van der Waals surface area contributed by atoms with Crippen molar-refractivity contribution in [3.63, 3.8) is 0 Å². The smallest absolute Gasteiger partial charge is 0.264 e. The molecule has 1 heterocycles. The Morgan fingerprint density at radius 3 is 2.42 bits per heavy atom. The van der Waals surface area contributed by atoms with Gasteiger partial charge in [0.15, 0.2) is 6.61 Å². The zero-order valence-electron chi connectivity index (χ0n) is 16.9. The normalized spacial score (nSPS) is 13.0. The highest BCUT2D eigenvalue weighted by molar-refractivity contribution is 7.92. The minimum Gasteiger partial charge on any atom is -0.484 e. The summed E-state index contributed by atoms with van der Waals surface area (Å²) in [6.45, 7) is 0.556. The van der Waals surface area contributed by atoms with Crippen molar-refractivity contribution in [3.8, 4) is 5.75 Å². The van der Waals surface area contributed by atoms with E-state index in [0.717, 1.165) is 17.7 Å². The Morgan fingerprint density at radius 2 is 1.71 bits per heavy atom. The first-order chi connectivity index (χ1) is 14.9. The first-order valence-corrected chi connectivity index (χ1v) is 11.5. The molecule has 0 spiro atoms. The summed E-state index contributed by atoms with van der Waals surface area (Å²) in [7, 11) is -2.23. The Morgan fingerprint density at radius 1 is 1.03 bits per heavy atom. The van der Waals surface area contributed by atoms with Gasteiger partial charge in [0.25, 0.3) is 15.9 Å². The van der Waals surface area contributed by atoms with Crippen molar-refractivity contribution in [2.45, 2.75) is 11.3 Å². The van der Waals surface area contributed by atoms with E-state index in [9.17, 15) is 13.2 Å². The van der Waals surface area contributed by atoms with E-state index in [-0.39, 0.29) is 17.4 Å². The van der Waals surface area contributed by atoms with Crippen LogP contribution in [0.2, 0.25) is 5.02 Å². The lowest BCUT2D eigenvalue weighted by Crippen LogP contribution is -2.33. The number of nitrogens with zero attached hydrogens (tertiary/aromatic N) is 2. The number of halogens is 1. The molecule has 3 aromatic rings. The number of para-hydroxylation sites is 1. The van der Waals surface area contributed by atoms with Crippen molar-refractivity contribution in [2.24, 2.45) is 0 Å². The highest BCUT2D eigenvalue weighted by Crippen LogP contribution is 2.28. The van der Waals surface area contributed by atoms with E-state index in [1.54, 1.807) is 29.2 Å². The van der Waals surface area contributed by atoms with E-state index in [2.05, 4.69) is 0 Å². The molecule has 31 heavy (non-hydrogen) atoms. The molecule has 0 atom stereocenters. The van der Waals surface area contributed by atoms with Gasteiger partial charge in [0.2, 0.25) is 0 Å². The van der Waals surface area contributed by atoms with Crippen LogP contribution in [0, 0.1) is 0 Å². The van der Waals surface area contributed by atoms with Crippen LogP contribution < -0.4 is 13.9 Å². The van der Waals surface area contributed by atoms with Crippen molar-refractivity contribution in [1.82, 2.24) is 0 Å². The van der Waals surface area contributed by atoms with Crippen LogP contribution in [-0.4, -0.2) is 34.5 Å². The van der Waals surface area contributed by atoms with Crippen molar-refractivity contribution in [2.75, 3.05) is 29.4 Å². The number of carbonyl (C=O) groups is 1. The highest BCUT2D eigenvalue weighted by atomic mass is 35.5. The first-order valence-electron chi connectivity index (χ1n) is 9.72. The number of sulfonamides is 1. The molecule has 1 aliphatic heterocycles. The summed E-state index contributed by atoms with van der Waals surface area (Å²) in [6, 6.07) is 20.4. The zero-order chi connectivity index (χ0) is 22.0. The van der Waals surface area contributed by atoms with Gasteiger partial charge in [-0.05, 0) is 66.6 Å². The van der Waals surface area contributed by atoms with Gasteiger partial charge in [0.1, 0.15) is 5.75 Å². The number of rotatable bonds is 6. The molecule has 0 fully saturated rings. The lowest BCUT2D eigenvalue weighted by Gasteiger charge is -2.20. The third kappa shape index (κ3) is 4.38. The molecule has 8 heteroatoms. The van der Waals surface area contributed by atoms with Crippen molar-refractivity contribution >= 4 is 38.9 Å². The van der Waals surface area contributed by atoms with Gasteiger partial charge in [-0.15, -0.1) is 0 Å². The fourth-order valence-corrected chi connectivity index (χ4v) is 4.80. The molecule has 4 rings (SSSR count). The highest BCUT2D eigenvalue weighted by Gasteiger charge is 2.24. The number of carbonyl (C=O) groups excluding carboxylic acids is 1. The molecule has 6 nitrogen and oxygen atoms in total. The van der Waals surface area contributed by atoms with Crippen LogP contribution in [0.25, 0.3) is 0 Å². The molecular formula is C23H21ClN2O4S. The third-order valence-corrected chi connectivity index (χ3v) is 7.27. The van der Waals surface area contributed by atoms with Crippen LogP contribution in [0.3, 0.4) is 0 Å². The Labute approximate surface area is 186 Å². The van der Waals surface area contributed by atoms with Crippen LogP contribution in [0.4, 0.5) is 11.4 Å². The maximum Gasteiger partial charge on any atom is 0.264 e. The second-order valence-electron chi connectivity index (χ2n) is 7.13. The van der Waals surface area contributed by atoms with Crippen LogP contribution in [-0.2, 0) is 21.2 Å².